The van der Waals surface area contributed by atoms with Crippen LogP contribution >= 0.6 is 39.0 Å². The molecule has 0 aliphatic rings. The summed E-state index contributed by atoms with van der Waals surface area (Å²) in [5.41, 5.74) is 0.910. The van der Waals surface area contributed by atoms with Crippen molar-refractivity contribution in [3.63, 3.8) is 0 Å². The predicted octanol–water partition coefficient (Wildman–Crippen LogP) is 5.65. The number of aromatic carboxylic acids is 1. The molecule has 3 rings (SSSR count). The number of thiophene rings is 1. The van der Waals surface area contributed by atoms with Gasteiger partial charge in [0.2, 0.25) is 0 Å². The topological polar surface area (TPSA) is 37.3 Å². The second-order valence-electron chi connectivity index (χ2n) is 4.46. The highest BCUT2D eigenvalue weighted by atomic mass is 79.9. The highest BCUT2D eigenvalue weighted by Gasteiger charge is 2.17. The van der Waals surface area contributed by atoms with Crippen molar-refractivity contribution in [2.75, 3.05) is 0 Å². The van der Waals surface area contributed by atoms with Gasteiger partial charge in [0.15, 0.2) is 0 Å². The van der Waals surface area contributed by atoms with Gasteiger partial charge in [-0.3, -0.25) is 0 Å². The smallest absolute Gasteiger partial charge is 0.346 e. The summed E-state index contributed by atoms with van der Waals surface area (Å²) in [7, 11) is 0. The lowest BCUT2D eigenvalue weighted by Gasteiger charge is -2.03. The van der Waals surface area contributed by atoms with E-state index in [-0.39, 0.29) is 0 Å². The number of hydrogen-bond acceptors (Lipinski definition) is 3. The first-order valence-electron chi connectivity index (χ1n) is 6.27. The number of benzene rings is 2. The van der Waals surface area contributed by atoms with Crippen molar-refractivity contribution < 1.29 is 9.90 Å². The Hall–Kier alpha value is -1.30. The molecule has 0 saturated carbocycles. The van der Waals surface area contributed by atoms with Gasteiger partial charge in [0.1, 0.15) is 4.88 Å². The molecule has 0 bridgehead atoms. The van der Waals surface area contributed by atoms with Gasteiger partial charge in [0.05, 0.1) is 0 Å². The summed E-state index contributed by atoms with van der Waals surface area (Å²) in [4.78, 5) is 13.0. The maximum Gasteiger partial charge on any atom is 0.346 e. The minimum absolute atomic E-state index is 0.443. The number of thioether (sulfide) groups is 1. The van der Waals surface area contributed by atoms with Gasteiger partial charge in [-0.15, -0.1) is 23.1 Å². The van der Waals surface area contributed by atoms with Crippen LogP contribution in [0.15, 0.2) is 57.9 Å². The first kappa shape index (κ1) is 14.6. The first-order valence-corrected chi connectivity index (χ1v) is 8.87. The first-order chi connectivity index (χ1) is 10.1. The van der Waals surface area contributed by atoms with Crippen LogP contribution in [0.5, 0.6) is 0 Å². The zero-order chi connectivity index (χ0) is 14.8. The van der Waals surface area contributed by atoms with Crippen LogP contribution in [0.3, 0.4) is 0 Å². The number of carbonyl (C=O) groups is 1. The zero-order valence-corrected chi connectivity index (χ0v) is 14.1. The minimum atomic E-state index is -0.846. The van der Waals surface area contributed by atoms with E-state index in [2.05, 4.69) is 15.9 Å². The number of rotatable bonds is 4. The lowest BCUT2D eigenvalue weighted by Crippen LogP contribution is -1.96. The summed E-state index contributed by atoms with van der Waals surface area (Å²) in [5, 5.41) is 10.4. The summed E-state index contributed by atoms with van der Waals surface area (Å²) in [6.45, 7) is 0. The maximum atomic E-state index is 11.5. The molecule has 1 N–H and O–H groups in total. The van der Waals surface area contributed by atoms with Crippen molar-refractivity contribution in [2.24, 2.45) is 0 Å². The lowest BCUT2D eigenvalue weighted by molar-refractivity contribution is 0.0701. The van der Waals surface area contributed by atoms with E-state index in [4.69, 9.17) is 0 Å². The largest absolute Gasteiger partial charge is 0.477 e. The maximum absolute atomic E-state index is 11.5. The molecule has 0 amide bonds. The number of carboxylic acids is 1. The van der Waals surface area contributed by atoms with Gasteiger partial charge >= 0.3 is 5.97 Å². The molecule has 5 heteroatoms. The average molecular weight is 379 g/mol. The van der Waals surface area contributed by atoms with Gasteiger partial charge in [0.25, 0.3) is 0 Å². The predicted molar refractivity (Wildman–Crippen MR) is 92.5 cm³/mol. The number of halogens is 1. The Kier molecular flexibility index (Phi) is 4.33. The second kappa shape index (κ2) is 6.22. The van der Waals surface area contributed by atoms with Crippen molar-refractivity contribution in [1.29, 1.82) is 0 Å². The highest BCUT2D eigenvalue weighted by Crippen LogP contribution is 2.36. The molecule has 0 atom stereocenters. The summed E-state index contributed by atoms with van der Waals surface area (Å²) in [6, 6.07) is 15.9. The number of fused-ring (bicyclic) bond motifs is 1. The van der Waals surface area contributed by atoms with Gasteiger partial charge in [-0.2, -0.15) is 0 Å². The second-order valence-corrected chi connectivity index (χ2v) is 7.47. The van der Waals surface area contributed by atoms with Crippen LogP contribution in [0.25, 0.3) is 10.1 Å². The van der Waals surface area contributed by atoms with Crippen molar-refractivity contribution in [2.45, 2.75) is 10.6 Å². The molecular formula is C16H11BrO2S2. The summed E-state index contributed by atoms with van der Waals surface area (Å²) in [6.07, 6.45) is 0. The summed E-state index contributed by atoms with van der Waals surface area (Å²) in [5.74, 6) is -0.191. The van der Waals surface area contributed by atoms with Crippen molar-refractivity contribution in [3.05, 3.63) is 63.4 Å². The van der Waals surface area contributed by atoms with Crippen molar-refractivity contribution >= 4 is 55.1 Å². The monoisotopic (exact) mass is 378 g/mol. The molecule has 0 radical (unpaired) electrons. The van der Waals surface area contributed by atoms with Crippen LogP contribution in [-0.2, 0) is 5.75 Å². The zero-order valence-electron chi connectivity index (χ0n) is 10.9. The fourth-order valence-electron chi connectivity index (χ4n) is 2.13. The van der Waals surface area contributed by atoms with Crippen molar-refractivity contribution in [3.8, 4) is 0 Å². The van der Waals surface area contributed by atoms with Crippen LogP contribution < -0.4 is 0 Å². The molecule has 2 aromatic carbocycles. The molecule has 0 aliphatic carbocycles. The van der Waals surface area contributed by atoms with Crippen LogP contribution in [0.1, 0.15) is 15.2 Å². The molecule has 106 valence electrons. The molecule has 2 nitrogen and oxygen atoms in total. The van der Waals surface area contributed by atoms with E-state index >= 15 is 0 Å². The lowest BCUT2D eigenvalue weighted by atomic mass is 10.1. The average Bonchev–Trinajstić information content (AvgIpc) is 2.84. The molecule has 0 saturated heterocycles. The van der Waals surface area contributed by atoms with E-state index in [9.17, 15) is 9.90 Å². The van der Waals surface area contributed by atoms with E-state index in [0.29, 0.717) is 10.6 Å². The van der Waals surface area contributed by atoms with Gasteiger partial charge < -0.3 is 5.11 Å². The summed E-state index contributed by atoms with van der Waals surface area (Å²) >= 11 is 6.45. The Labute approximate surface area is 138 Å². The molecule has 1 aromatic heterocycles. The molecule has 0 fully saturated rings. The molecular weight excluding hydrogens is 368 g/mol. The number of hydrogen-bond donors (Lipinski definition) is 1. The minimum Gasteiger partial charge on any atom is -0.477 e. The quantitative estimate of drug-likeness (QED) is 0.595. The SMILES string of the molecule is O=C(O)c1sc2ccccc2c1CSc1cccc(Br)c1. The fraction of sp³-hybridized carbons (Fsp3) is 0.0625. The van der Waals surface area contributed by atoms with Crippen LogP contribution in [0.2, 0.25) is 0 Å². The van der Waals surface area contributed by atoms with E-state index in [1.165, 1.54) is 11.3 Å². The van der Waals surface area contributed by atoms with Crippen LogP contribution in [0.4, 0.5) is 0 Å². The van der Waals surface area contributed by atoms with Crippen LogP contribution in [-0.4, -0.2) is 11.1 Å². The van der Waals surface area contributed by atoms with E-state index < -0.39 is 5.97 Å². The standard InChI is InChI=1S/C16H11BrO2S2/c17-10-4-3-5-11(8-10)20-9-13-12-6-1-2-7-14(12)21-15(13)16(18)19/h1-8H,9H2,(H,18,19). The van der Waals surface area contributed by atoms with Gasteiger partial charge in [0, 0.05) is 19.8 Å². The fourth-order valence-corrected chi connectivity index (χ4v) is 4.83. The molecule has 1 heterocycles. The molecule has 3 aromatic rings. The van der Waals surface area contributed by atoms with E-state index in [1.807, 2.05) is 48.5 Å². The molecule has 21 heavy (non-hydrogen) atoms. The Balaban J connectivity index is 1.95. The Bertz CT molecular complexity index is 811. The van der Waals surface area contributed by atoms with Crippen molar-refractivity contribution in [1.82, 2.24) is 0 Å². The van der Waals surface area contributed by atoms with Gasteiger partial charge in [-0.25, -0.2) is 4.79 Å². The van der Waals surface area contributed by atoms with Gasteiger partial charge in [-0.1, -0.05) is 40.2 Å². The highest BCUT2D eigenvalue weighted by molar-refractivity contribution is 9.10. The Morgan fingerprint density at radius 3 is 2.76 bits per heavy atom. The third-order valence-electron chi connectivity index (χ3n) is 3.07. The number of carboxylic acid groups (broad SMARTS) is 1. The third kappa shape index (κ3) is 3.15. The third-order valence-corrected chi connectivity index (χ3v) is 5.79. The molecule has 0 spiro atoms. The molecule has 0 unspecified atom stereocenters. The molecule has 0 aliphatic heterocycles. The Morgan fingerprint density at radius 1 is 1.19 bits per heavy atom. The van der Waals surface area contributed by atoms with E-state index in [0.717, 1.165) is 25.0 Å². The van der Waals surface area contributed by atoms with Gasteiger partial charge in [-0.05, 0) is 35.2 Å². The summed E-state index contributed by atoms with van der Waals surface area (Å²) < 4.78 is 2.06. The normalized spacial score (nSPS) is 10.9. The Morgan fingerprint density at radius 2 is 2.00 bits per heavy atom. The van der Waals surface area contributed by atoms with Crippen LogP contribution in [0, 0.1) is 0 Å². The van der Waals surface area contributed by atoms with E-state index in [1.54, 1.807) is 11.8 Å².